The average molecular weight is 398 g/mol. The molecule has 2 saturated heterocycles. The average Bonchev–Trinajstić information content (AvgIpc) is 2.79. The molecule has 0 bridgehead atoms. The number of carbonyl (C=O) groups is 1. The van der Waals surface area contributed by atoms with Gasteiger partial charge in [-0.1, -0.05) is 19.1 Å². The zero-order valence-electron chi connectivity index (χ0n) is 16.8. The third kappa shape index (κ3) is 4.32. The molecule has 3 heterocycles. The summed E-state index contributed by atoms with van der Waals surface area (Å²) in [5.41, 5.74) is 1.08. The topological polar surface area (TPSA) is 55.8 Å². The molecule has 0 aliphatic carbocycles. The molecule has 2 aliphatic heterocycles. The Labute approximate surface area is 170 Å². The molecule has 29 heavy (non-hydrogen) atoms. The van der Waals surface area contributed by atoms with Gasteiger partial charge in [-0.25, -0.2) is 14.4 Å². The number of amides is 1. The minimum absolute atomic E-state index is 0.0330. The Morgan fingerprint density at radius 1 is 0.966 bits per heavy atom. The molecular formula is C21H27FN6O. The fourth-order valence-electron chi connectivity index (χ4n) is 3.95. The molecular weight excluding hydrogens is 371 g/mol. The van der Waals surface area contributed by atoms with Gasteiger partial charge in [0.05, 0.1) is 5.69 Å². The van der Waals surface area contributed by atoms with E-state index in [4.69, 9.17) is 0 Å². The fraction of sp³-hybridized carbons (Fsp3) is 0.476. The van der Waals surface area contributed by atoms with Crippen LogP contribution >= 0.6 is 0 Å². The summed E-state index contributed by atoms with van der Waals surface area (Å²) in [6.45, 7) is 9.25. The molecule has 0 unspecified atom stereocenters. The third-order valence-corrected chi connectivity index (χ3v) is 5.78. The molecule has 1 amide bonds. The lowest BCUT2D eigenvalue weighted by Gasteiger charge is -2.37. The van der Waals surface area contributed by atoms with Gasteiger partial charge in [-0.05, 0) is 18.7 Å². The summed E-state index contributed by atoms with van der Waals surface area (Å²) in [5, 5.41) is 0. The van der Waals surface area contributed by atoms with E-state index < -0.39 is 0 Å². The first-order valence-electron chi connectivity index (χ1n) is 10.2. The highest BCUT2D eigenvalue weighted by molar-refractivity contribution is 5.93. The molecule has 0 saturated carbocycles. The number of benzene rings is 1. The van der Waals surface area contributed by atoms with Crippen LogP contribution in [0, 0.1) is 5.82 Å². The summed E-state index contributed by atoms with van der Waals surface area (Å²) >= 11 is 0. The predicted molar refractivity (Wildman–Crippen MR) is 111 cm³/mol. The molecule has 1 aromatic heterocycles. The van der Waals surface area contributed by atoms with E-state index >= 15 is 0 Å². The molecule has 0 atom stereocenters. The van der Waals surface area contributed by atoms with Crippen LogP contribution < -0.4 is 9.80 Å². The number of carbonyl (C=O) groups excluding carboxylic acids is 1. The van der Waals surface area contributed by atoms with Crippen LogP contribution in [0.25, 0.3) is 0 Å². The summed E-state index contributed by atoms with van der Waals surface area (Å²) in [5.74, 6) is 0.525. The van der Waals surface area contributed by atoms with Crippen LogP contribution in [-0.4, -0.2) is 84.6 Å². The number of piperazine rings is 2. The van der Waals surface area contributed by atoms with Gasteiger partial charge in [0.25, 0.3) is 5.91 Å². The lowest BCUT2D eigenvalue weighted by atomic mass is 10.2. The highest BCUT2D eigenvalue weighted by Crippen LogP contribution is 2.22. The van der Waals surface area contributed by atoms with Gasteiger partial charge in [0.15, 0.2) is 0 Å². The van der Waals surface area contributed by atoms with Crippen molar-refractivity contribution < 1.29 is 9.18 Å². The van der Waals surface area contributed by atoms with E-state index in [2.05, 4.69) is 26.7 Å². The van der Waals surface area contributed by atoms with Gasteiger partial charge in [0.1, 0.15) is 23.7 Å². The molecule has 2 aromatic rings. The van der Waals surface area contributed by atoms with Crippen molar-refractivity contribution in [1.29, 1.82) is 0 Å². The first kappa shape index (κ1) is 19.6. The minimum atomic E-state index is -0.195. The highest BCUT2D eigenvalue weighted by Gasteiger charge is 2.24. The molecule has 2 aliphatic rings. The van der Waals surface area contributed by atoms with Crippen molar-refractivity contribution in [3.63, 3.8) is 0 Å². The quantitative estimate of drug-likeness (QED) is 0.782. The Kier molecular flexibility index (Phi) is 5.89. The third-order valence-electron chi connectivity index (χ3n) is 5.78. The largest absolute Gasteiger partial charge is 0.366 e. The van der Waals surface area contributed by atoms with E-state index in [1.165, 1.54) is 12.4 Å². The maximum Gasteiger partial charge on any atom is 0.272 e. The Hall–Kier alpha value is -2.74. The molecule has 8 heteroatoms. The van der Waals surface area contributed by atoms with Gasteiger partial charge in [-0.2, -0.15) is 0 Å². The summed E-state index contributed by atoms with van der Waals surface area (Å²) in [7, 11) is 0. The van der Waals surface area contributed by atoms with Crippen molar-refractivity contribution in [3.05, 3.63) is 48.2 Å². The smallest absolute Gasteiger partial charge is 0.272 e. The van der Waals surface area contributed by atoms with Gasteiger partial charge in [0.2, 0.25) is 0 Å². The standard InChI is InChI=1S/C21H27FN6O/c1-2-25-7-9-28(10-8-25)21(29)18-15-20(24-16-23-18)27-13-11-26(12-14-27)19-6-4-3-5-17(19)22/h3-6,15-16H,2,7-14H2,1H3. The van der Waals surface area contributed by atoms with Crippen LogP contribution in [-0.2, 0) is 0 Å². The second-order valence-electron chi connectivity index (χ2n) is 7.41. The lowest BCUT2D eigenvalue weighted by molar-refractivity contribution is 0.0637. The van der Waals surface area contributed by atoms with Crippen LogP contribution in [0.4, 0.5) is 15.9 Å². The second kappa shape index (κ2) is 8.73. The van der Waals surface area contributed by atoms with Crippen molar-refractivity contribution in [2.45, 2.75) is 6.92 Å². The molecule has 0 N–H and O–H groups in total. The zero-order valence-corrected chi connectivity index (χ0v) is 16.8. The van der Waals surface area contributed by atoms with E-state index in [0.29, 0.717) is 37.6 Å². The van der Waals surface area contributed by atoms with E-state index in [1.807, 2.05) is 21.9 Å². The number of anilines is 2. The first-order valence-corrected chi connectivity index (χ1v) is 10.2. The Morgan fingerprint density at radius 2 is 1.66 bits per heavy atom. The number of hydrogen-bond acceptors (Lipinski definition) is 6. The monoisotopic (exact) mass is 398 g/mol. The number of nitrogens with zero attached hydrogens (tertiary/aromatic N) is 6. The van der Waals surface area contributed by atoms with Crippen molar-refractivity contribution >= 4 is 17.4 Å². The number of para-hydroxylation sites is 1. The number of rotatable bonds is 4. The van der Waals surface area contributed by atoms with Gasteiger partial charge in [-0.3, -0.25) is 4.79 Å². The number of halogens is 1. The number of hydrogen-bond donors (Lipinski definition) is 0. The summed E-state index contributed by atoms with van der Waals surface area (Å²) in [6, 6.07) is 8.65. The van der Waals surface area contributed by atoms with Crippen LogP contribution in [0.2, 0.25) is 0 Å². The molecule has 7 nitrogen and oxygen atoms in total. The fourth-order valence-corrected chi connectivity index (χ4v) is 3.95. The Balaban J connectivity index is 1.39. The second-order valence-corrected chi connectivity index (χ2v) is 7.41. The minimum Gasteiger partial charge on any atom is -0.366 e. The number of likely N-dealkylation sites (N-methyl/N-ethyl adjacent to an activating group) is 1. The van der Waals surface area contributed by atoms with E-state index in [-0.39, 0.29) is 11.7 Å². The summed E-state index contributed by atoms with van der Waals surface area (Å²) in [6.07, 6.45) is 1.47. The van der Waals surface area contributed by atoms with Crippen LogP contribution in [0.3, 0.4) is 0 Å². The van der Waals surface area contributed by atoms with Crippen molar-refractivity contribution in [2.24, 2.45) is 0 Å². The molecule has 0 radical (unpaired) electrons. The normalized spacial score (nSPS) is 18.2. The van der Waals surface area contributed by atoms with E-state index in [1.54, 1.807) is 12.1 Å². The molecule has 0 spiro atoms. The SMILES string of the molecule is CCN1CCN(C(=O)c2cc(N3CCN(c4ccccc4F)CC3)ncn2)CC1. The van der Waals surface area contributed by atoms with Gasteiger partial charge in [0, 0.05) is 58.4 Å². The van der Waals surface area contributed by atoms with E-state index in [0.717, 1.165) is 38.5 Å². The molecule has 4 rings (SSSR count). The summed E-state index contributed by atoms with van der Waals surface area (Å²) < 4.78 is 14.0. The highest BCUT2D eigenvalue weighted by atomic mass is 19.1. The molecule has 2 fully saturated rings. The predicted octanol–water partition coefficient (Wildman–Crippen LogP) is 1.72. The molecule has 154 valence electrons. The number of aromatic nitrogens is 2. The van der Waals surface area contributed by atoms with Gasteiger partial charge < -0.3 is 19.6 Å². The van der Waals surface area contributed by atoms with E-state index in [9.17, 15) is 9.18 Å². The van der Waals surface area contributed by atoms with Crippen molar-refractivity contribution in [2.75, 3.05) is 68.7 Å². The van der Waals surface area contributed by atoms with Crippen LogP contribution in [0.15, 0.2) is 36.7 Å². The zero-order chi connectivity index (χ0) is 20.2. The Bertz CT molecular complexity index is 847. The van der Waals surface area contributed by atoms with Gasteiger partial charge in [-0.15, -0.1) is 0 Å². The first-order chi connectivity index (χ1) is 14.2. The summed E-state index contributed by atoms with van der Waals surface area (Å²) in [4.78, 5) is 29.8. The maximum absolute atomic E-state index is 14.0. The van der Waals surface area contributed by atoms with Crippen LogP contribution in [0.1, 0.15) is 17.4 Å². The van der Waals surface area contributed by atoms with Crippen molar-refractivity contribution in [1.82, 2.24) is 19.8 Å². The lowest BCUT2D eigenvalue weighted by Crippen LogP contribution is -2.49. The Morgan fingerprint density at radius 3 is 2.34 bits per heavy atom. The maximum atomic E-state index is 14.0. The molecule has 1 aromatic carbocycles. The van der Waals surface area contributed by atoms with Crippen molar-refractivity contribution in [3.8, 4) is 0 Å². The van der Waals surface area contributed by atoms with Crippen LogP contribution in [0.5, 0.6) is 0 Å². The van der Waals surface area contributed by atoms with Gasteiger partial charge >= 0.3 is 0 Å².